The summed E-state index contributed by atoms with van der Waals surface area (Å²) >= 11 is 0. The van der Waals surface area contributed by atoms with E-state index in [1.807, 2.05) is 0 Å². The van der Waals surface area contributed by atoms with Gasteiger partial charge in [-0.05, 0) is 29.6 Å². The molecule has 0 amide bonds. The Morgan fingerprint density at radius 3 is 2.10 bits per heavy atom. The third kappa shape index (κ3) is 5.77. The Morgan fingerprint density at radius 1 is 1.10 bits per heavy atom. The summed E-state index contributed by atoms with van der Waals surface area (Å²) in [5.41, 5.74) is 2.65. The van der Waals surface area contributed by atoms with Crippen molar-refractivity contribution in [3.05, 3.63) is 35.4 Å². The molecular formula is C18H32N2O. The summed E-state index contributed by atoms with van der Waals surface area (Å²) in [6.45, 7) is 15.2. The summed E-state index contributed by atoms with van der Waals surface area (Å²) in [4.78, 5) is 2.38. The van der Waals surface area contributed by atoms with E-state index in [2.05, 4.69) is 69.1 Å². The molecule has 0 heterocycles. The van der Waals surface area contributed by atoms with Crippen molar-refractivity contribution in [1.82, 2.24) is 10.2 Å². The Morgan fingerprint density at radius 2 is 1.67 bits per heavy atom. The van der Waals surface area contributed by atoms with Gasteiger partial charge < -0.3 is 15.3 Å². The largest absolute Gasteiger partial charge is 0.394 e. The molecule has 0 aliphatic heterocycles. The third-order valence-electron chi connectivity index (χ3n) is 4.07. The number of rotatable bonds is 8. The molecule has 0 saturated heterocycles. The highest BCUT2D eigenvalue weighted by molar-refractivity contribution is 5.29. The van der Waals surface area contributed by atoms with Crippen LogP contribution in [0.1, 0.15) is 51.8 Å². The molecule has 21 heavy (non-hydrogen) atoms. The van der Waals surface area contributed by atoms with Crippen LogP contribution in [-0.4, -0.2) is 42.8 Å². The van der Waals surface area contributed by atoms with Crippen LogP contribution >= 0.6 is 0 Å². The molecule has 0 aliphatic rings. The number of nitrogens with zero attached hydrogens (tertiary/aromatic N) is 1. The summed E-state index contributed by atoms with van der Waals surface area (Å²) in [7, 11) is 0. The molecule has 3 nitrogen and oxygen atoms in total. The summed E-state index contributed by atoms with van der Waals surface area (Å²) in [6.07, 6.45) is 0. The first-order valence-electron chi connectivity index (χ1n) is 8.09. The van der Waals surface area contributed by atoms with Gasteiger partial charge in [-0.1, -0.05) is 58.9 Å². The fourth-order valence-electron chi connectivity index (χ4n) is 2.44. The van der Waals surface area contributed by atoms with Crippen molar-refractivity contribution < 1.29 is 5.11 Å². The molecular weight excluding hydrogens is 260 g/mol. The van der Waals surface area contributed by atoms with Crippen molar-refractivity contribution in [1.29, 1.82) is 0 Å². The van der Waals surface area contributed by atoms with Gasteiger partial charge in [0.25, 0.3) is 0 Å². The first-order valence-corrected chi connectivity index (χ1v) is 8.09. The lowest BCUT2D eigenvalue weighted by Gasteiger charge is -2.23. The number of aliphatic hydroxyl groups is 1. The third-order valence-corrected chi connectivity index (χ3v) is 4.07. The molecule has 0 bridgehead atoms. The maximum absolute atomic E-state index is 9.61. The fraction of sp³-hybridized carbons (Fsp3) is 0.667. The van der Waals surface area contributed by atoms with Crippen LogP contribution in [0, 0.1) is 0 Å². The first-order chi connectivity index (χ1) is 9.92. The van der Waals surface area contributed by atoms with Gasteiger partial charge in [-0.25, -0.2) is 0 Å². The molecule has 3 heteroatoms. The Balaban J connectivity index is 2.60. The van der Waals surface area contributed by atoms with Crippen molar-refractivity contribution >= 4 is 0 Å². The number of hydrogen-bond donors (Lipinski definition) is 2. The molecule has 1 atom stereocenters. The zero-order valence-electron chi connectivity index (χ0n) is 14.3. The average molecular weight is 292 g/mol. The second-order valence-electron chi connectivity index (χ2n) is 6.59. The minimum atomic E-state index is 0.0228. The summed E-state index contributed by atoms with van der Waals surface area (Å²) in [5, 5.41) is 13.1. The van der Waals surface area contributed by atoms with Gasteiger partial charge in [0.15, 0.2) is 0 Å². The predicted octanol–water partition coefficient (Wildman–Crippen LogP) is 2.95. The molecule has 2 N–H and O–H groups in total. The Kier molecular flexibility index (Phi) is 7.36. The highest BCUT2D eigenvalue weighted by Gasteiger charge is 2.15. The topological polar surface area (TPSA) is 35.5 Å². The summed E-state index contributed by atoms with van der Waals surface area (Å²) in [5.74, 6) is 0. The van der Waals surface area contributed by atoms with Crippen LogP contribution in [0.3, 0.4) is 0 Å². The van der Waals surface area contributed by atoms with Gasteiger partial charge in [0.05, 0.1) is 12.6 Å². The lowest BCUT2D eigenvalue weighted by molar-refractivity contribution is 0.233. The number of hydrogen-bond acceptors (Lipinski definition) is 3. The van der Waals surface area contributed by atoms with E-state index >= 15 is 0 Å². The quantitative estimate of drug-likeness (QED) is 0.773. The van der Waals surface area contributed by atoms with E-state index in [1.54, 1.807) is 0 Å². The Hall–Kier alpha value is -0.900. The zero-order chi connectivity index (χ0) is 15.9. The second kappa shape index (κ2) is 8.52. The minimum absolute atomic E-state index is 0.0228. The van der Waals surface area contributed by atoms with E-state index in [0.29, 0.717) is 0 Å². The van der Waals surface area contributed by atoms with Crippen LogP contribution in [0.25, 0.3) is 0 Å². The van der Waals surface area contributed by atoms with Crippen LogP contribution in [-0.2, 0) is 5.41 Å². The summed E-state index contributed by atoms with van der Waals surface area (Å²) in [6, 6.07) is 8.63. The molecule has 1 rings (SSSR count). The molecule has 0 spiro atoms. The van der Waals surface area contributed by atoms with Crippen LogP contribution < -0.4 is 5.32 Å². The van der Waals surface area contributed by atoms with Gasteiger partial charge in [0.1, 0.15) is 0 Å². The highest BCUT2D eigenvalue weighted by Crippen LogP contribution is 2.23. The SMILES string of the molecule is CCN(CC)CCNC(CO)c1ccc(C(C)(C)C)cc1. The van der Waals surface area contributed by atoms with Crippen LogP contribution in [0.4, 0.5) is 0 Å². The average Bonchev–Trinajstić information content (AvgIpc) is 2.47. The highest BCUT2D eigenvalue weighted by atomic mass is 16.3. The molecule has 0 saturated carbocycles. The first kappa shape index (κ1) is 18.1. The molecule has 1 aromatic carbocycles. The van der Waals surface area contributed by atoms with Crippen LogP contribution in [0.15, 0.2) is 24.3 Å². The Labute approximate surface area is 130 Å². The van der Waals surface area contributed by atoms with Gasteiger partial charge in [0.2, 0.25) is 0 Å². The Bertz CT molecular complexity index is 391. The van der Waals surface area contributed by atoms with E-state index in [9.17, 15) is 5.11 Å². The van der Waals surface area contributed by atoms with E-state index in [-0.39, 0.29) is 18.1 Å². The van der Waals surface area contributed by atoms with Gasteiger partial charge >= 0.3 is 0 Å². The van der Waals surface area contributed by atoms with Crippen molar-refractivity contribution in [2.45, 2.75) is 46.1 Å². The normalized spacial score (nSPS) is 13.7. The molecule has 1 unspecified atom stereocenters. The smallest absolute Gasteiger partial charge is 0.0626 e. The van der Waals surface area contributed by atoms with Crippen molar-refractivity contribution in [3.8, 4) is 0 Å². The van der Waals surface area contributed by atoms with E-state index in [4.69, 9.17) is 0 Å². The standard InChI is InChI=1S/C18H32N2O/c1-6-20(7-2)13-12-19-17(14-21)15-8-10-16(11-9-15)18(3,4)5/h8-11,17,19,21H,6-7,12-14H2,1-5H3. The van der Waals surface area contributed by atoms with Crippen molar-refractivity contribution in [3.63, 3.8) is 0 Å². The molecule has 0 aromatic heterocycles. The minimum Gasteiger partial charge on any atom is -0.394 e. The molecule has 0 aliphatic carbocycles. The molecule has 1 aromatic rings. The summed E-state index contributed by atoms with van der Waals surface area (Å²) < 4.78 is 0. The molecule has 120 valence electrons. The van der Waals surface area contributed by atoms with Crippen LogP contribution in [0.5, 0.6) is 0 Å². The van der Waals surface area contributed by atoms with Crippen LogP contribution in [0.2, 0.25) is 0 Å². The van der Waals surface area contributed by atoms with E-state index in [0.717, 1.165) is 31.7 Å². The van der Waals surface area contributed by atoms with Crippen molar-refractivity contribution in [2.24, 2.45) is 0 Å². The van der Waals surface area contributed by atoms with Gasteiger partial charge in [-0.15, -0.1) is 0 Å². The predicted molar refractivity (Wildman–Crippen MR) is 90.8 cm³/mol. The lowest BCUT2D eigenvalue weighted by atomic mass is 9.86. The van der Waals surface area contributed by atoms with Gasteiger partial charge in [-0.3, -0.25) is 0 Å². The van der Waals surface area contributed by atoms with Gasteiger partial charge in [0, 0.05) is 13.1 Å². The van der Waals surface area contributed by atoms with E-state index < -0.39 is 0 Å². The fourth-order valence-corrected chi connectivity index (χ4v) is 2.44. The van der Waals surface area contributed by atoms with E-state index in [1.165, 1.54) is 5.56 Å². The molecule has 0 fully saturated rings. The van der Waals surface area contributed by atoms with Gasteiger partial charge in [-0.2, -0.15) is 0 Å². The maximum Gasteiger partial charge on any atom is 0.0626 e. The molecule has 0 radical (unpaired) electrons. The second-order valence-corrected chi connectivity index (χ2v) is 6.59. The number of benzene rings is 1. The maximum atomic E-state index is 9.61. The number of aliphatic hydroxyl groups excluding tert-OH is 1. The lowest BCUT2D eigenvalue weighted by Crippen LogP contribution is -2.34. The van der Waals surface area contributed by atoms with Crippen molar-refractivity contribution in [2.75, 3.05) is 32.8 Å². The zero-order valence-corrected chi connectivity index (χ0v) is 14.3. The monoisotopic (exact) mass is 292 g/mol. The number of nitrogens with one attached hydrogen (secondary N) is 1. The number of likely N-dealkylation sites (N-methyl/N-ethyl adjacent to an activating group) is 1.